The van der Waals surface area contributed by atoms with E-state index in [1.165, 1.54) is 31.7 Å². The molecule has 2 N–H and O–H groups in total. The molecule has 0 saturated heterocycles. The highest BCUT2D eigenvalue weighted by Gasteiger charge is 2.29. The lowest BCUT2D eigenvalue weighted by atomic mass is 9.85. The SMILES string of the molecule is C[C@@H]1CCCC[C@@H]1N1CN=C(NS(=O)(=O)c2cccc3nsnc23)NC1. The van der Waals surface area contributed by atoms with Crippen LogP contribution in [0.1, 0.15) is 32.6 Å². The van der Waals surface area contributed by atoms with E-state index in [4.69, 9.17) is 0 Å². The summed E-state index contributed by atoms with van der Waals surface area (Å²) in [5, 5.41) is 3.11. The first-order chi connectivity index (χ1) is 12.5. The molecule has 0 spiro atoms. The first-order valence-electron chi connectivity index (χ1n) is 8.81. The van der Waals surface area contributed by atoms with Gasteiger partial charge in [-0.15, -0.1) is 0 Å². The summed E-state index contributed by atoms with van der Waals surface area (Å²) >= 11 is 1.00. The van der Waals surface area contributed by atoms with Gasteiger partial charge >= 0.3 is 0 Å². The van der Waals surface area contributed by atoms with E-state index >= 15 is 0 Å². The molecule has 140 valence electrons. The fourth-order valence-electron chi connectivity index (χ4n) is 3.75. The fourth-order valence-corrected chi connectivity index (χ4v) is 5.53. The number of nitrogens with one attached hydrogen (secondary N) is 2. The summed E-state index contributed by atoms with van der Waals surface area (Å²) in [5.74, 6) is 0.929. The second-order valence-electron chi connectivity index (χ2n) is 6.89. The van der Waals surface area contributed by atoms with Crippen LogP contribution in [0.2, 0.25) is 0 Å². The maximum Gasteiger partial charge on any atom is 0.266 e. The molecular weight excluding hydrogens is 372 g/mol. The smallest absolute Gasteiger partial charge is 0.266 e. The molecule has 1 saturated carbocycles. The molecule has 0 bridgehead atoms. The van der Waals surface area contributed by atoms with Crippen molar-refractivity contribution in [2.45, 2.75) is 43.5 Å². The average Bonchev–Trinajstić information content (AvgIpc) is 3.11. The van der Waals surface area contributed by atoms with Crippen molar-refractivity contribution in [2.24, 2.45) is 10.9 Å². The molecule has 10 heteroatoms. The maximum absolute atomic E-state index is 12.7. The number of rotatable bonds is 3. The highest BCUT2D eigenvalue weighted by atomic mass is 32.2. The number of hydrogen-bond donors (Lipinski definition) is 2. The second kappa shape index (κ2) is 7.09. The summed E-state index contributed by atoms with van der Waals surface area (Å²) in [5.41, 5.74) is 0.966. The molecule has 2 aliphatic rings. The Labute approximate surface area is 157 Å². The number of aliphatic imine (C=N–C) groups is 1. The third-order valence-corrected chi connectivity index (χ3v) is 7.08. The van der Waals surface area contributed by atoms with E-state index in [9.17, 15) is 8.42 Å². The molecule has 1 aromatic heterocycles. The number of aromatic nitrogens is 2. The molecule has 1 fully saturated rings. The maximum atomic E-state index is 12.7. The first kappa shape index (κ1) is 17.6. The number of hydrogen-bond acceptors (Lipinski definition) is 8. The van der Waals surface area contributed by atoms with Crippen molar-refractivity contribution in [1.82, 2.24) is 23.7 Å². The molecule has 2 heterocycles. The number of guanidine groups is 1. The molecule has 2 atom stereocenters. The van der Waals surface area contributed by atoms with Crippen LogP contribution >= 0.6 is 11.7 Å². The molecular formula is C16H22N6O2S2. The van der Waals surface area contributed by atoms with Gasteiger partial charge in [-0.05, 0) is 30.9 Å². The minimum absolute atomic E-state index is 0.122. The number of benzene rings is 1. The van der Waals surface area contributed by atoms with Crippen LogP contribution in [-0.4, -0.2) is 47.4 Å². The van der Waals surface area contributed by atoms with E-state index < -0.39 is 10.0 Å². The largest absolute Gasteiger partial charge is 0.343 e. The monoisotopic (exact) mass is 394 g/mol. The molecule has 2 aromatic rings. The molecule has 1 aliphatic carbocycles. The van der Waals surface area contributed by atoms with Gasteiger partial charge in [-0.1, -0.05) is 25.8 Å². The lowest BCUT2D eigenvalue weighted by Gasteiger charge is -2.39. The summed E-state index contributed by atoms with van der Waals surface area (Å²) in [6.45, 7) is 3.38. The molecule has 1 aliphatic heterocycles. The third kappa shape index (κ3) is 3.40. The van der Waals surface area contributed by atoms with Crippen LogP contribution in [0.3, 0.4) is 0 Å². The molecule has 8 nitrogen and oxygen atoms in total. The zero-order valence-electron chi connectivity index (χ0n) is 14.6. The topological polar surface area (TPSA) is 99.6 Å². The first-order valence-corrected chi connectivity index (χ1v) is 11.0. The van der Waals surface area contributed by atoms with E-state index in [1.807, 2.05) is 0 Å². The molecule has 4 rings (SSSR count). The summed E-state index contributed by atoms with van der Waals surface area (Å²) in [6.07, 6.45) is 4.97. The Morgan fingerprint density at radius 1 is 1.27 bits per heavy atom. The van der Waals surface area contributed by atoms with Crippen molar-refractivity contribution in [3.8, 4) is 0 Å². The van der Waals surface area contributed by atoms with Gasteiger partial charge in [0.15, 0.2) is 0 Å². The minimum atomic E-state index is -3.77. The van der Waals surface area contributed by atoms with Crippen LogP contribution in [0, 0.1) is 5.92 Å². The number of sulfonamides is 1. The van der Waals surface area contributed by atoms with E-state index in [0.717, 1.165) is 11.7 Å². The van der Waals surface area contributed by atoms with Crippen LogP contribution in [0.5, 0.6) is 0 Å². The number of nitrogens with zero attached hydrogens (tertiary/aromatic N) is 4. The Bertz CT molecular complexity index is 926. The third-order valence-electron chi connectivity index (χ3n) is 5.16. The fraction of sp³-hybridized carbons (Fsp3) is 0.562. The van der Waals surface area contributed by atoms with E-state index in [0.29, 0.717) is 36.3 Å². The van der Waals surface area contributed by atoms with E-state index in [1.54, 1.807) is 12.1 Å². The van der Waals surface area contributed by atoms with Crippen molar-refractivity contribution in [2.75, 3.05) is 13.3 Å². The van der Waals surface area contributed by atoms with Crippen molar-refractivity contribution >= 4 is 38.7 Å². The Morgan fingerprint density at radius 2 is 2.12 bits per heavy atom. The highest BCUT2D eigenvalue weighted by molar-refractivity contribution is 7.90. The Kier molecular flexibility index (Phi) is 4.80. The van der Waals surface area contributed by atoms with Gasteiger partial charge in [-0.3, -0.25) is 4.90 Å². The predicted octanol–water partition coefficient (Wildman–Crippen LogP) is 1.72. The molecule has 1 aromatic carbocycles. The van der Waals surface area contributed by atoms with Crippen molar-refractivity contribution in [3.05, 3.63) is 18.2 Å². The van der Waals surface area contributed by atoms with Crippen molar-refractivity contribution in [1.29, 1.82) is 0 Å². The van der Waals surface area contributed by atoms with Crippen LogP contribution < -0.4 is 10.0 Å². The predicted molar refractivity (Wildman–Crippen MR) is 101 cm³/mol. The van der Waals surface area contributed by atoms with Gasteiger partial charge in [0, 0.05) is 6.04 Å². The van der Waals surface area contributed by atoms with Crippen LogP contribution in [0.25, 0.3) is 11.0 Å². The van der Waals surface area contributed by atoms with Crippen LogP contribution in [0.4, 0.5) is 0 Å². The Hall–Kier alpha value is -1.78. The quantitative estimate of drug-likeness (QED) is 0.822. The van der Waals surface area contributed by atoms with Gasteiger partial charge in [-0.2, -0.15) is 8.75 Å². The standard InChI is InChI=1S/C16H22N6O2S2/c1-11-5-2-3-7-13(11)22-9-17-16(18-10-22)21-26(23,24)14-8-4-6-12-15(14)20-25-19-12/h4,6,8,11,13H,2-3,5,7,9-10H2,1H3,(H2,17,18,21)/t11-,13+/m1/s1. The van der Waals surface area contributed by atoms with E-state index in [-0.39, 0.29) is 10.9 Å². The lowest BCUT2D eigenvalue weighted by Crippen LogP contribution is -2.54. The van der Waals surface area contributed by atoms with E-state index in [2.05, 4.69) is 35.6 Å². The molecule has 26 heavy (non-hydrogen) atoms. The Morgan fingerprint density at radius 3 is 2.88 bits per heavy atom. The van der Waals surface area contributed by atoms with Gasteiger partial charge < -0.3 is 5.32 Å². The van der Waals surface area contributed by atoms with Gasteiger partial charge in [0.1, 0.15) is 15.9 Å². The average molecular weight is 395 g/mol. The van der Waals surface area contributed by atoms with Gasteiger partial charge in [0.05, 0.1) is 25.1 Å². The second-order valence-corrected chi connectivity index (χ2v) is 9.07. The van der Waals surface area contributed by atoms with Crippen LogP contribution in [0.15, 0.2) is 28.1 Å². The zero-order chi connectivity index (χ0) is 18.1. The minimum Gasteiger partial charge on any atom is -0.343 e. The lowest BCUT2D eigenvalue weighted by molar-refractivity contribution is 0.106. The molecule has 0 radical (unpaired) electrons. The molecule has 0 amide bonds. The summed E-state index contributed by atoms with van der Waals surface area (Å²) < 4.78 is 36.2. The van der Waals surface area contributed by atoms with Gasteiger partial charge in [0.25, 0.3) is 10.0 Å². The normalized spacial score (nSPS) is 24.9. The highest BCUT2D eigenvalue weighted by Crippen LogP contribution is 2.28. The summed E-state index contributed by atoms with van der Waals surface area (Å²) in [4.78, 5) is 6.81. The van der Waals surface area contributed by atoms with Gasteiger partial charge in [0.2, 0.25) is 5.96 Å². The molecule has 0 unspecified atom stereocenters. The van der Waals surface area contributed by atoms with Crippen LogP contribution in [-0.2, 0) is 10.0 Å². The zero-order valence-corrected chi connectivity index (χ0v) is 16.2. The van der Waals surface area contributed by atoms with Crippen molar-refractivity contribution in [3.63, 3.8) is 0 Å². The summed E-state index contributed by atoms with van der Waals surface area (Å²) in [6, 6.07) is 5.46. The Balaban J connectivity index is 1.48. The number of fused-ring (bicyclic) bond motifs is 1. The van der Waals surface area contributed by atoms with Crippen molar-refractivity contribution < 1.29 is 8.42 Å². The van der Waals surface area contributed by atoms with Gasteiger partial charge in [-0.25, -0.2) is 18.1 Å². The summed E-state index contributed by atoms with van der Waals surface area (Å²) in [7, 11) is -3.77.